The van der Waals surface area contributed by atoms with Gasteiger partial charge < -0.3 is 18.6 Å². The lowest BCUT2D eigenvalue weighted by Gasteiger charge is -2.43. The van der Waals surface area contributed by atoms with Crippen molar-refractivity contribution in [2.45, 2.75) is 117 Å². The largest absolute Gasteiger partial charge is 0.466 e. The molecule has 0 bridgehead atoms. The molecule has 0 aromatic carbocycles. The smallest absolute Gasteiger partial charge is 0.313 e. The van der Waals surface area contributed by atoms with E-state index in [1.54, 1.807) is 33.8 Å². The fraction of sp³-hybridized carbons (Fsp3) is 0.808. The highest BCUT2D eigenvalue weighted by Gasteiger charge is 2.46. The lowest BCUT2D eigenvalue weighted by Crippen LogP contribution is -2.50. The van der Waals surface area contributed by atoms with Gasteiger partial charge in [0, 0.05) is 0 Å². The minimum absolute atomic E-state index is 0.172. The molecule has 1 rings (SSSR count). The summed E-state index contributed by atoms with van der Waals surface area (Å²) in [7, 11) is -2.08. The highest BCUT2D eigenvalue weighted by Crippen LogP contribution is 2.42. The fourth-order valence-electron chi connectivity index (χ4n) is 4.77. The molecule has 8 heteroatoms. The summed E-state index contributed by atoms with van der Waals surface area (Å²) in [5.74, 6) is -1.72. The normalized spacial score (nSPS) is 20.0. The first kappa shape index (κ1) is 30.5. The Labute approximate surface area is 207 Å². The maximum absolute atomic E-state index is 13.0. The summed E-state index contributed by atoms with van der Waals surface area (Å²) in [6.45, 7) is 20.8. The van der Waals surface area contributed by atoms with Crippen molar-refractivity contribution >= 4 is 26.0 Å². The van der Waals surface area contributed by atoms with Gasteiger partial charge >= 0.3 is 11.9 Å². The predicted molar refractivity (Wildman–Crippen MR) is 135 cm³/mol. The quantitative estimate of drug-likeness (QED) is 0.155. The third-order valence-electron chi connectivity index (χ3n) is 6.39. The molecule has 0 amide bonds. The minimum atomic E-state index is -2.08. The van der Waals surface area contributed by atoms with Gasteiger partial charge in [0.1, 0.15) is 12.5 Å². The molecule has 7 nitrogen and oxygen atoms in total. The first-order valence-electron chi connectivity index (χ1n) is 12.5. The minimum Gasteiger partial charge on any atom is -0.466 e. The van der Waals surface area contributed by atoms with Gasteiger partial charge in [-0.05, 0) is 50.7 Å². The van der Waals surface area contributed by atoms with E-state index in [0.717, 1.165) is 0 Å². The van der Waals surface area contributed by atoms with Crippen molar-refractivity contribution in [3.05, 3.63) is 12.2 Å². The van der Waals surface area contributed by atoms with Crippen LogP contribution in [-0.4, -0.2) is 57.6 Å². The van der Waals surface area contributed by atoms with Crippen LogP contribution >= 0.6 is 0 Å². The van der Waals surface area contributed by atoms with Crippen LogP contribution < -0.4 is 0 Å². The first-order valence-corrected chi connectivity index (χ1v) is 14.7. The second-order valence-electron chi connectivity index (χ2n) is 11.0. The first-order chi connectivity index (χ1) is 15.7. The molecule has 0 N–H and O–H groups in total. The number of rotatable bonds is 12. The van der Waals surface area contributed by atoms with Gasteiger partial charge in [0.2, 0.25) is 0 Å². The van der Waals surface area contributed by atoms with E-state index in [2.05, 4.69) is 41.5 Å². The number of ether oxygens (including phenoxy) is 3. The molecule has 0 aliphatic carbocycles. The Morgan fingerprint density at radius 2 is 1.59 bits per heavy atom. The number of ketones is 1. The summed E-state index contributed by atoms with van der Waals surface area (Å²) in [5, 5.41) is 0. The van der Waals surface area contributed by atoms with Crippen molar-refractivity contribution in [3.63, 3.8) is 0 Å². The van der Waals surface area contributed by atoms with Crippen LogP contribution in [0.2, 0.25) is 16.6 Å². The Kier molecular flexibility index (Phi) is 11.6. The molecule has 196 valence electrons. The SMILES string of the molecule is CCOC(=O)CC(=O)[C@H](OC(=O)C(C)(C)C)[C@@H]1C=CC[C@@H](CO[Si](C(C)C)(C(C)C)C(C)C)O1. The maximum atomic E-state index is 13.0. The zero-order chi connectivity index (χ0) is 26.3. The summed E-state index contributed by atoms with van der Waals surface area (Å²) in [5.41, 5.74) is 0.512. The van der Waals surface area contributed by atoms with E-state index in [4.69, 9.17) is 18.6 Å². The number of carbonyl (C=O) groups is 3. The summed E-state index contributed by atoms with van der Waals surface area (Å²) < 4.78 is 23.4. The number of hydrogen-bond donors (Lipinski definition) is 0. The number of carbonyl (C=O) groups excluding carboxylic acids is 3. The highest BCUT2D eigenvalue weighted by molar-refractivity contribution is 6.77. The Balaban J connectivity index is 3.06. The summed E-state index contributed by atoms with van der Waals surface area (Å²) >= 11 is 0. The Morgan fingerprint density at radius 1 is 1.03 bits per heavy atom. The Bertz CT molecular complexity index is 699. The summed E-state index contributed by atoms with van der Waals surface area (Å²) in [6, 6.07) is 0. The van der Waals surface area contributed by atoms with E-state index in [1.165, 1.54) is 0 Å². The molecule has 0 saturated heterocycles. The number of Topliss-reactive ketones (excluding diaryl/α,β-unsaturated/α-hetero) is 1. The van der Waals surface area contributed by atoms with Gasteiger partial charge in [-0.1, -0.05) is 53.7 Å². The standard InChI is InChI=1S/C26H46O7Si/c1-11-30-23(28)15-21(27)24(33-25(29)26(8,9)10)22-14-12-13-20(32-22)16-31-34(17(2)3,18(4)5)19(6)7/h12,14,17-20,22,24H,11,13,15-16H2,1-10H3/t20-,22-,24-/m0/s1. The Hall–Kier alpha value is -1.51. The van der Waals surface area contributed by atoms with Crippen LogP contribution in [0.25, 0.3) is 0 Å². The average Bonchev–Trinajstić information content (AvgIpc) is 2.70. The molecule has 0 spiro atoms. The van der Waals surface area contributed by atoms with Gasteiger partial charge in [0.05, 0.1) is 24.7 Å². The molecular weight excluding hydrogens is 452 g/mol. The van der Waals surface area contributed by atoms with Gasteiger partial charge in [0.15, 0.2) is 20.2 Å². The van der Waals surface area contributed by atoms with Crippen molar-refractivity contribution < 1.29 is 33.0 Å². The molecule has 3 atom stereocenters. The molecule has 1 heterocycles. The van der Waals surface area contributed by atoms with Gasteiger partial charge in [0.25, 0.3) is 0 Å². The van der Waals surface area contributed by atoms with Crippen molar-refractivity contribution in [2.75, 3.05) is 13.2 Å². The van der Waals surface area contributed by atoms with Crippen LogP contribution in [0.15, 0.2) is 12.2 Å². The zero-order valence-corrected chi connectivity index (χ0v) is 23.8. The van der Waals surface area contributed by atoms with Gasteiger partial charge in [-0.2, -0.15) is 0 Å². The van der Waals surface area contributed by atoms with Gasteiger partial charge in [-0.3, -0.25) is 14.4 Å². The van der Waals surface area contributed by atoms with Crippen LogP contribution in [0, 0.1) is 5.41 Å². The molecule has 0 unspecified atom stereocenters. The topological polar surface area (TPSA) is 88.1 Å². The maximum Gasteiger partial charge on any atom is 0.313 e. The molecule has 1 aliphatic heterocycles. The predicted octanol–water partition coefficient (Wildman–Crippen LogP) is 5.37. The molecule has 0 aromatic heterocycles. The third-order valence-corrected chi connectivity index (χ3v) is 12.5. The Morgan fingerprint density at radius 3 is 2.06 bits per heavy atom. The van der Waals surface area contributed by atoms with E-state index in [1.807, 2.05) is 6.08 Å². The van der Waals surface area contributed by atoms with Crippen LogP contribution in [0.1, 0.15) is 82.1 Å². The van der Waals surface area contributed by atoms with E-state index >= 15 is 0 Å². The molecular formula is C26H46O7Si. The average molecular weight is 499 g/mol. The lowest BCUT2D eigenvalue weighted by molar-refractivity contribution is -0.174. The van der Waals surface area contributed by atoms with Gasteiger partial charge in [-0.25, -0.2) is 0 Å². The molecule has 1 aliphatic rings. The van der Waals surface area contributed by atoms with E-state index < -0.39 is 50.1 Å². The van der Waals surface area contributed by atoms with Crippen molar-refractivity contribution in [1.82, 2.24) is 0 Å². The lowest BCUT2D eigenvalue weighted by atomic mass is 9.96. The van der Waals surface area contributed by atoms with E-state index in [-0.39, 0.29) is 12.7 Å². The number of esters is 2. The van der Waals surface area contributed by atoms with Crippen LogP contribution in [0.4, 0.5) is 0 Å². The molecule has 0 saturated carbocycles. The van der Waals surface area contributed by atoms with Crippen molar-refractivity contribution in [3.8, 4) is 0 Å². The van der Waals surface area contributed by atoms with Crippen LogP contribution in [0.3, 0.4) is 0 Å². The van der Waals surface area contributed by atoms with E-state index in [0.29, 0.717) is 29.7 Å². The number of hydrogen-bond acceptors (Lipinski definition) is 7. The zero-order valence-electron chi connectivity index (χ0n) is 22.8. The monoisotopic (exact) mass is 498 g/mol. The summed E-state index contributed by atoms with van der Waals surface area (Å²) in [4.78, 5) is 37.5. The second kappa shape index (κ2) is 13.0. The van der Waals surface area contributed by atoms with Crippen LogP contribution in [0.5, 0.6) is 0 Å². The molecule has 34 heavy (non-hydrogen) atoms. The van der Waals surface area contributed by atoms with Crippen molar-refractivity contribution in [2.24, 2.45) is 5.41 Å². The third kappa shape index (κ3) is 8.02. The van der Waals surface area contributed by atoms with Gasteiger partial charge in [-0.15, -0.1) is 0 Å². The molecule has 0 fully saturated rings. The summed E-state index contributed by atoms with van der Waals surface area (Å²) in [6.07, 6.45) is 1.54. The second-order valence-corrected chi connectivity index (χ2v) is 16.5. The fourth-order valence-corrected chi connectivity index (χ4v) is 10.2. The molecule has 0 radical (unpaired) electrons. The van der Waals surface area contributed by atoms with Crippen molar-refractivity contribution in [1.29, 1.82) is 0 Å². The van der Waals surface area contributed by atoms with Crippen LogP contribution in [-0.2, 0) is 33.0 Å². The molecule has 0 aromatic rings. The van der Waals surface area contributed by atoms with E-state index in [9.17, 15) is 14.4 Å². The highest BCUT2D eigenvalue weighted by atomic mass is 28.4.